The predicted molar refractivity (Wildman–Crippen MR) is 112 cm³/mol. The molecule has 28 heavy (non-hydrogen) atoms. The first-order chi connectivity index (χ1) is 13.7. The van der Waals surface area contributed by atoms with Crippen LogP contribution < -0.4 is 10.1 Å². The van der Waals surface area contributed by atoms with Gasteiger partial charge in [-0.15, -0.1) is 10.2 Å². The van der Waals surface area contributed by atoms with Crippen molar-refractivity contribution >= 4 is 17.7 Å². The Morgan fingerprint density at radius 1 is 1.07 bits per heavy atom. The van der Waals surface area contributed by atoms with Crippen molar-refractivity contribution in [3.8, 4) is 22.8 Å². The minimum Gasteiger partial charge on any atom is -0.494 e. The maximum absolute atomic E-state index is 12.0. The lowest BCUT2D eigenvalue weighted by Crippen LogP contribution is -2.25. The maximum atomic E-state index is 12.0. The van der Waals surface area contributed by atoms with Crippen LogP contribution >= 0.6 is 11.8 Å². The SMILES string of the molecule is CCCNC(=O)CSc1nnc(-c2ccccc2)n1-c1ccc(OCC)cc1. The first-order valence-electron chi connectivity index (χ1n) is 9.36. The van der Waals surface area contributed by atoms with Crippen LogP contribution in [0.3, 0.4) is 0 Å². The summed E-state index contributed by atoms with van der Waals surface area (Å²) in [4.78, 5) is 12.0. The molecule has 1 N–H and O–H groups in total. The van der Waals surface area contributed by atoms with E-state index >= 15 is 0 Å². The fourth-order valence-corrected chi connectivity index (χ4v) is 3.46. The first-order valence-corrected chi connectivity index (χ1v) is 10.3. The molecule has 146 valence electrons. The Kier molecular flexibility index (Phi) is 7.08. The molecule has 0 aliphatic carbocycles. The molecule has 0 unspecified atom stereocenters. The minimum absolute atomic E-state index is 0.00523. The van der Waals surface area contributed by atoms with Crippen LogP contribution in [-0.4, -0.2) is 39.6 Å². The van der Waals surface area contributed by atoms with Crippen molar-refractivity contribution in [2.24, 2.45) is 0 Å². The van der Waals surface area contributed by atoms with Crippen molar-refractivity contribution in [3.05, 3.63) is 54.6 Å². The number of hydrogen-bond acceptors (Lipinski definition) is 5. The molecule has 0 radical (unpaired) electrons. The highest BCUT2D eigenvalue weighted by molar-refractivity contribution is 7.99. The van der Waals surface area contributed by atoms with E-state index in [1.807, 2.05) is 73.0 Å². The van der Waals surface area contributed by atoms with Crippen LogP contribution in [0.4, 0.5) is 0 Å². The van der Waals surface area contributed by atoms with E-state index in [9.17, 15) is 4.79 Å². The van der Waals surface area contributed by atoms with Crippen LogP contribution in [-0.2, 0) is 4.79 Å². The van der Waals surface area contributed by atoms with Crippen molar-refractivity contribution in [1.29, 1.82) is 0 Å². The number of carbonyl (C=O) groups is 1. The molecule has 6 nitrogen and oxygen atoms in total. The Balaban J connectivity index is 1.92. The number of ether oxygens (including phenoxy) is 1. The summed E-state index contributed by atoms with van der Waals surface area (Å²) in [6.45, 7) is 5.29. The van der Waals surface area contributed by atoms with Crippen LogP contribution in [0.25, 0.3) is 17.1 Å². The highest BCUT2D eigenvalue weighted by Gasteiger charge is 2.17. The fraction of sp³-hybridized carbons (Fsp3) is 0.286. The van der Waals surface area contributed by atoms with E-state index in [1.54, 1.807) is 0 Å². The monoisotopic (exact) mass is 396 g/mol. The summed E-state index contributed by atoms with van der Waals surface area (Å²) >= 11 is 1.38. The summed E-state index contributed by atoms with van der Waals surface area (Å²) in [5.74, 6) is 1.84. The average Bonchev–Trinajstić information content (AvgIpc) is 3.16. The summed E-state index contributed by atoms with van der Waals surface area (Å²) in [5.41, 5.74) is 1.88. The van der Waals surface area contributed by atoms with Gasteiger partial charge in [0, 0.05) is 17.8 Å². The molecule has 0 aliphatic heterocycles. The van der Waals surface area contributed by atoms with Gasteiger partial charge in [0.1, 0.15) is 5.75 Å². The molecule has 0 atom stereocenters. The van der Waals surface area contributed by atoms with E-state index in [4.69, 9.17) is 4.74 Å². The topological polar surface area (TPSA) is 69.0 Å². The molecule has 0 saturated heterocycles. The van der Waals surface area contributed by atoms with Crippen molar-refractivity contribution in [1.82, 2.24) is 20.1 Å². The number of benzene rings is 2. The molecule has 1 aromatic heterocycles. The van der Waals surface area contributed by atoms with Crippen LogP contribution in [0.15, 0.2) is 59.8 Å². The second-order valence-corrected chi connectivity index (χ2v) is 7.02. The van der Waals surface area contributed by atoms with Crippen LogP contribution in [0.1, 0.15) is 20.3 Å². The first kappa shape index (κ1) is 19.9. The number of hydrogen-bond donors (Lipinski definition) is 1. The van der Waals surface area contributed by atoms with Crippen molar-refractivity contribution in [2.45, 2.75) is 25.4 Å². The van der Waals surface area contributed by atoms with Crippen molar-refractivity contribution < 1.29 is 9.53 Å². The quantitative estimate of drug-likeness (QED) is 0.555. The normalized spacial score (nSPS) is 10.6. The van der Waals surface area contributed by atoms with Gasteiger partial charge in [0.25, 0.3) is 0 Å². The van der Waals surface area contributed by atoms with Crippen molar-refractivity contribution in [2.75, 3.05) is 18.9 Å². The van der Waals surface area contributed by atoms with Gasteiger partial charge < -0.3 is 10.1 Å². The Morgan fingerprint density at radius 3 is 2.50 bits per heavy atom. The highest BCUT2D eigenvalue weighted by atomic mass is 32.2. The number of amides is 1. The van der Waals surface area contributed by atoms with Gasteiger partial charge >= 0.3 is 0 Å². The van der Waals surface area contributed by atoms with Gasteiger partial charge in [-0.1, -0.05) is 49.0 Å². The van der Waals surface area contributed by atoms with Crippen molar-refractivity contribution in [3.63, 3.8) is 0 Å². The molecule has 1 amide bonds. The maximum Gasteiger partial charge on any atom is 0.230 e. The number of nitrogens with zero attached hydrogens (tertiary/aromatic N) is 3. The zero-order chi connectivity index (χ0) is 19.8. The molecule has 0 aliphatic rings. The van der Waals surface area contributed by atoms with Gasteiger partial charge in [-0.3, -0.25) is 9.36 Å². The third-order valence-electron chi connectivity index (χ3n) is 3.98. The molecule has 2 aromatic carbocycles. The van der Waals surface area contributed by atoms with Crippen LogP contribution in [0, 0.1) is 0 Å². The lowest BCUT2D eigenvalue weighted by atomic mass is 10.2. The average molecular weight is 397 g/mol. The Morgan fingerprint density at radius 2 is 1.82 bits per heavy atom. The van der Waals surface area contributed by atoms with Gasteiger partial charge in [0.15, 0.2) is 11.0 Å². The molecule has 0 fully saturated rings. The van der Waals surface area contributed by atoms with E-state index in [0.717, 1.165) is 29.2 Å². The Bertz CT molecular complexity index is 895. The Hall–Kier alpha value is -2.80. The summed E-state index contributed by atoms with van der Waals surface area (Å²) in [7, 11) is 0. The second-order valence-electron chi connectivity index (χ2n) is 6.07. The van der Waals surface area contributed by atoms with Gasteiger partial charge in [-0.2, -0.15) is 0 Å². The molecule has 3 rings (SSSR count). The summed E-state index contributed by atoms with van der Waals surface area (Å²) < 4.78 is 7.52. The highest BCUT2D eigenvalue weighted by Crippen LogP contribution is 2.28. The summed E-state index contributed by atoms with van der Waals surface area (Å²) in [6, 6.07) is 17.7. The largest absolute Gasteiger partial charge is 0.494 e. The third kappa shape index (κ3) is 4.92. The number of carbonyl (C=O) groups excluding carboxylic acids is 1. The zero-order valence-electron chi connectivity index (χ0n) is 16.1. The van der Waals surface area contributed by atoms with Crippen LogP contribution in [0.5, 0.6) is 5.75 Å². The minimum atomic E-state index is -0.00523. The van der Waals surface area contributed by atoms with E-state index in [1.165, 1.54) is 11.8 Å². The molecule has 3 aromatic rings. The van der Waals surface area contributed by atoms with E-state index in [-0.39, 0.29) is 5.91 Å². The van der Waals surface area contributed by atoms with E-state index in [0.29, 0.717) is 24.1 Å². The number of thioether (sulfide) groups is 1. The standard InChI is InChI=1S/C21H24N4O2S/c1-3-14-22-19(26)15-28-21-24-23-20(16-8-6-5-7-9-16)25(21)17-10-12-18(13-11-17)27-4-2/h5-13H,3-4,14-15H2,1-2H3,(H,22,26). The van der Waals surface area contributed by atoms with Gasteiger partial charge in [-0.25, -0.2) is 0 Å². The molecule has 0 bridgehead atoms. The van der Waals surface area contributed by atoms with E-state index in [2.05, 4.69) is 15.5 Å². The number of rotatable bonds is 9. The van der Waals surface area contributed by atoms with Crippen LogP contribution in [0.2, 0.25) is 0 Å². The third-order valence-corrected chi connectivity index (χ3v) is 4.90. The predicted octanol–water partition coefficient (Wildman–Crippen LogP) is 3.95. The second kappa shape index (κ2) is 9.94. The molecular weight excluding hydrogens is 372 g/mol. The Labute approximate surface area is 169 Å². The van der Waals surface area contributed by atoms with Gasteiger partial charge in [-0.05, 0) is 37.6 Å². The number of nitrogens with one attached hydrogen (secondary N) is 1. The summed E-state index contributed by atoms with van der Waals surface area (Å²) in [6.07, 6.45) is 0.914. The molecule has 7 heteroatoms. The summed E-state index contributed by atoms with van der Waals surface area (Å²) in [5, 5.41) is 12.3. The lowest BCUT2D eigenvalue weighted by Gasteiger charge is -2.11. The van der Waals surface area contributed by atoms with Gasteiger partial charge in [0.2, 0.25) is 5.91 Å². The van der Waals surface area contributed by atoms with E-state index < -0.39 is 0 Å². The molecule has 0 spiro atoms. The molecular formula is C21H24N4O2S. The van der Waals surface area contributed by atoms with Gasteiger partial charge in [0.05, 0.1) is 12.4 Å². The number of aromatic nitrogens is 3. The molecule has 0 saturated carbocycles. The lowest BCUT2D eigenvalue weighted by molar-refractivity contribution is -0.118. The molecule has 1 heterocycles. The smallest absolute Gasteiger partial charge is 0.230 e. The zero-order valence-corrected chi connectivity index (χ0v) is 16.9. The fourth-order valence-electron chi connectivity index (χ4n) is 2.67.